The monoisotopic (exact) mass is 507 g/mol. The highest BCUT2D eigenvalue weighted by Crippen LogP contribution is 2.16. The molecule has 0 atom stereocenters. The van der Waals surface area contributed by atoms with Crippen LogP contribution >= 0.6 is 0 Å². The van der Waals surface area contributed by atoms with Gasteiger partial charge in [0.25, 0.3) is 0 Å². The number of hydrogen-bond donors (Lipinski definition) is 0. The van der Waals surface area contributed by atoms with E-state index in [0.29, 0.717) is 5.56 Å². The maximum atomic E-state index is 8.91. The van der Waals surface area contributed by atoms with Crippen molar-refractivity contribution < 1.29 is 43.1 Å². The van der Waals surface area contributed by atoms with E-state index in [9.17, 15) is 0 Å². The second kappa shape index (κ2) is 10.7. The molecule has 0 amide bonds. The van der Waals surface area contributed by atoms with Crippen LogP contribution < -0.4 is 43.1 Å². The predicted molar refractivity (Wildman–Crippen MR) is 104 cm³/mol. The van der Waals surface area contributed by atoms with Gasteiger partial charge in [0.05, 0.1) is 11.6 Å². The van der Waals surface area contributed by atoms with Gasteiger partial charge in [-0.3, -0.25) is 0 Å². The summed E-state index contributed by atoms with van der Waals surface area (Å²) in [6.45, 7) is 0.870. The molecule has 0 radical (unpaired) electrons. The van der Waals surface area contributed by atoms with Crippen LogP contribution in [0.25, 0.3) is 16.8 Å². The Labute approximate surface area is 192 Å². The first-order valence-corrected chi connectivity index (χ1v) is 8.87. The fourth-order valence-electron chi connectivity index (χ4n) is 3.05. The highest BCUT2D eigenvalue weighted by molar-refractivity contribution is 5.61. The van der Waals surface area contributed by atoms with Gasteiger partial charge in [0.1, 0.15) is 0 Å². The van der Waals surface area contributed by atoms with Crippen molar-refractivity contribution in [1.82, 2.24) is 0 Å². The molecule has 0 fully saturated rings. The van der Waals surface area contributed by atoms with Gasteiger partial charge in [-0.05, 0) is 23.3 Å². The van der Waals surface area contributed by atoms with Crippen molar-refractivity contribution in [3.8, 4) is 22.9 Å². The third-order valence-electron chi connectivity index (χ3n) is 4.56. The molecule has 0 aliphatic heterocycles. The summed E-state index contributed by atoms with van der Waals surface area (Å²) in [7, 11) is 0. The lowest BCUT2D eigenvalue weighted by molar-refractivity contribution is -0.688. The molecule has 0 aliphatic carbocycles. The molecule has 0 unspecified atom stereocenters. The lowest BCUT2D eigenvalue weighted by atomic mass is 10.1. The van der Waals surface area contributed by atoms with Gasteiger partial charge in [-0.2, -0.15) is 9.83 Å². The lowest BCUT2D eigenvalue weighted by Crippen LogP contribution is -3.00. The van der Waals surface area contributed by atoms with Crippen molar-refractivity contribution in [2.45, 2.75) is 6.54 Å². The van der Waals surface area contributed by atoms with Gasteiger partial charge in [-0.25, -0.2) is 4.57 Å². The maximum absolute atomic E-state index is 8.91. The van der Waals surface area contributed by atoms with E-state index in [4.69, 9.17) is 5.26 Å². The van der Waals surface area contributed by atoms with E-state index < -0.39 is 0 Å². The number of rotatable bonds is 4. The second-order valence-corrected chi connectivity index (χ2v) is 6.40. The van der Waals surface area contributed by atoms with Crippen molar-refractivity contribution in [3.05, 3.63) is 115 Å². The molecular formula is C24H19Br2N3. The molecular weight excluding hydrogens is 490 g/mol. The Morgan fingerprint density at radius 1 is 0.655 bits per heavy atom. The smallest absolute Gasteiger partial charge is 0.210 e. The average Bonchev–Trinajstić information content (AvgIpc) is 2.75. The molecule has 29 heavy (non-hydrogen) atoms. The van der Waals surface area contributed by atoms with Gasteiger partial charge in [0.2, 0.25) is 5.69 Å². The van der Waals surface area contributed by atoms with Crippen molar-refractivity contribution >= 4 is 0 Å². The molecule has 4 aromatic rings. The number of hydrogen-bond acceptors (Lipinski definition) is 1. The zero-order chi connectivity index (χ0) is 18.5. The van der Waals surface area contributed by atoms with Crippen LogP contribution in [0.5, 0.6) is 0 Å². The molecule has 0 saturated carbocycles. The summed E-state index contributed by atoms with van der Waals surface area (Å²) in [6.07, 6.45) is 8.32. The minimum Gasteiger partial charge on any atom is -1.00 e. The van der Waals surface area contributed by atoms with Gasteiger partial charge < -0.3 is 34.0 Å². The first-order chi connectivity index (χ1) is 13.3. The van der Waals surface area contributed by atoms with Crippen LogP contribution in [0.4, 0.5) is 0 Å². The van der Waals surface area contributed by atoms with Gasteiger partial charge in [-0.15, -0.1) is 0 Å². The SMILES string of the molecule is N#Cc1ccc(-[n+]2ccc(-c3cc[n+](Cc4ccccc4)cc3)cc2)cc1.[Br-].[Br-]. The van der Waals surface area contributed by atoms with E-state index in [1.54, 1.807) is 0 Å². The van der Waals surface area contributed by atoms with Crippen LogP contribution in [0, 0.1) is 11.3 Å². The highest BCUT2D eigenvalue weighted by Gasteiger charge is 2.08. The number of aromatic nitrogens is 2. The Balaban J connectivity index is 0.00000150. The predicted octanol–water partition coefficient (Wildman–Crippen LogP) is -2.15. The highest BCUT2D eigenvalue weighted by atomic mass is 79.9. The van der Waals surface area contributed by atoms with E-state index in [1.165, 1.54) is 16.7 Å². The number of nitrogens with zero attached hydrogens (tertiary/aromatic N) is 3. The Bertz CT molecular complexity index is 1070. The Morgan fingerprint density at radius 2 is 1.21 bits per heavy atom. The van der Waals surface area contributed by atoms with Crippen LogP contribution in [0.2, 0.25) is 0 Å². The fraction of sp³-hybridized carbons (Fsp3) is 0.0417. The first-order valence-electron chi connectivity index (χ1n) is 8.87. The quantitative estimate of drug-likeness (QED) is 0.289. The van der Waals surface area contributed by atoms with Crippen LogP contribution in [0.15, 0.2) is 104 Å². The summed E-state index contributed by atoms with van der Waals surface area (Å²) >= 11 is 0. The molecule has 2 aromatic heterocycles. The summed E-state index contributed by atoms with van der Waals surface area (Å²) in [5, 5.41) is 8.91. The molecule has 0 spiro atoms. The minimum atomic E-state index is 0. The molecule has 0 N–H and O–H groups in total. The summed E-state index contributed by atoms with van der Waals surface area (Å²) in [4.78, 5) is 0. The number of benzene rings is 2. The molecule has 0 aliphatic rings. The van der Waals surface area contributed by atoms with Crippen LogP contribution in [0.1, 0.15) is 11.1 Å². The number of nitriles is 1. The topological polar surface area (TPSA) is 31.5 Å². The fourth-order valence-corrected chi connectivity index (χ4v) is 3.05. The van der Waals surface area contributed by atoms with Crippen molar-refractivity contribution in [3.63, 3.8) is 0 Å². The molecule has 144 valence electrons. The van der Waals surface area contributed by atoms with E-state index in [2.05, 4.69) is 71.6 Å². The lowest BCUT2D eigenvalue weighted by Gasteiger charge is -2.02. The molecule has 2 aromatic carbocycles. The van der Waals surface area contributed by atoms with Crippen molar-refractivity contribution in [1.29, 1.82) is 5.26 Å². The standard InChI is InChI=1S/C24H19N3.2BrH/c25-18-20-6-8-24(9-7-20)27-16-12-23(13-17-27)22-10-14-26(15-11-22)19-21-4-2-1-3-5-21;;/h1-17H,19H2;2*1H/q+2;;/p-2. The number of pyridine rings is 2. The van der Waals surface area contributed by atoms with E-state index >= 15 is 0 Å². The maximum Gasteiger partial charge on any atom is 0.210 e. The van der Waals surface area contributed by atoms with Gasteiger partial charge in [-0.1, -0.05) is 30.3 Å². The second-order valence-electron chi connectivity index (χ2n) is 6.40. The molecule has 0 saturated heterocycles. The van der Waals surface area contributed by atoms with Gasteiger partial charge >= 0.3 is 0 Å². The normalized spacial score (nSPS) is 9.62. The van der Waals surface area contributed by atoms with Crippen molar-refractivity contribution in [2.24, 2.45) is 0 Å². The van der Waals surface area contributed by atoms with Crippen LogP contribution in [-0.2, 0) is 6.54 Å². The number of halogens is 2. The van der Waals surface area contributed by atoms with Crippen molar-refractivity contribution in [2.75, 3.05) is 0 Å². The van der Waals surface area contributed by atoms with Crippen LogP contribution in [-0.4, -0.2) is 0 Å². The first kappa shape index (κ1) is 22.5. The van der Waals surface area contributed by atoms with E-state index in [-0.39, 0.29) is 34.0 Å². The molecule has 5 heteroatoms. The molecule has 3 nitrogen and oxygen atoms in total. The minimum absolute atomic E-state index is 0. The zero-order valence-corrected chi connectivity index (χ0v) is 18.8. The zero-order valence-electron chi connectivity index (χ0n) is 15.6. The summed E-state index contributed by atoms with van der Waals surface area (Å²) < 4.78 is 4.22. The Hall–Kier alpha value is -2.81. The third-order valence-corrected chi connectivity index (χ3v) is 4.56. The van der Waals surface area contributed by atoms with E-state index in [0.717, 1.165) is 12.2 Å². The molecule has 0 bridgehead atoms. The van der Waals surface area contributed by atoms with Gasteiger partial charge in [0.15, 0.2) is 31.3 Å². The third kappa shape index (κ3) is 5.60. The molecule has 2 heterocycles. The summed E-state index contributed by atoms with van der Waals surface area (Å²) in [5.74, 6) is 0. The van der Waals surface area contributed by atoms with E-state index in [1.807, 2.05) is 47.3 Å². The Kier molecular flexibility index (Phi) is 8.26. The summed E-state index contributed by atoms with van der Waals surface area (Å²) in [5.41, 5.74) is 5.36. The van der Waals surface area contributed by atoms with Gasteiger partial charge in [0, 0.05) is 42.0 Å². The Morgan fingerprint density at radius 3 is 1.76 bits per heavy atom. The molecule has 4 rings (SSSR count). The van der Waals surface area contributed by atoms with Crippen LogP contribution in [0.3, 0.4) is 0 Å². The average molecular weight is 509 g/mol. The largest absolute Gasteiger partial charge is 1.00 e. The summed E-state index contributed by atoms with van der Waals surface area (Å²) in [6, 6.07) is 28.7.